The van der Waals surface area contributed by atoms with Gasteiger partial charge in [0.15, 0.2) is 0 Å². The van der Waals surface area contributed by atoms with Crippen LogP contribution in [0.4, 0.5) is 0 Å². The zero-order valence-electron chi connectivity index (χ0n) is 10.7. The second-order valence-corrected chi connectivity index (χ2v) is 6.54. The molecule has 2 unspecified atom stereocenters. The first-order valence-corrected chi connectivity index (χ1v) is 8.18. The van der Waals surface area contributed by atoms with Crippen LogP contribution in [0.1, 0.15) is 35.9 Å². The van der Waals surface area contributed by atoms with Crippen LogP contribution in [0.2, 0.25) is 0 Å². The minimum Gasteiger partial charge on any atom is -0.484 e. The first-order chi connectivity index (χ1) is 9.28. The van der Waals surface area contributed by atoms with Gasteiger partial charge in [-0.1, -0.05) is 35.0 Å². The lowest BCUT2D eigenvalue weighted by Gasteiger charge is -2.32. The number of halogens is 1. The van der Waals surface area contributed by atoms with E-state index in [1.807, 2.05) is 0 Å². The number of hydrogen-bond acceptors (Lipinski definition) is 3. The second kappa shape index (κ2) is 5.65. The summed E-state index contributed by atoms with van der Waals surface area (Å²) in [6.07, 6.45) is 1.15. The van der Waals surface area contributed by atoms with Gasteiger partial charge in [0.25, 0.3) is 0 Å². The molecule has 0 bridgehead atoms. The minimum absolute atomic E-state index is 0.158. The lowest BCUT2D eigenvalue weighted by Crippen LogP contribution is -2.28. The average Bonchev–Trinajstić information content (AvgIpc) is 2.92. The van der Waals surface area contributed by atoms with Gasteiger partial charge in [-0.25, -0.2) is 0 Å². The zero-order chi connectivity index (χ0) is 13.2. The molecule has 1 aliphatic rings. The van der Waals surface area contributed by atoms with Crippen LogP contribution in [0.3, 0.4) is 0 Å². The van der Waals surface area contributed by atoms with E-state index in [1.54, 1.807) is 11.3 Å². The summed E-state index contributed by atoms with van der Waals surface area (Å²) in [6, 6.07) is 10.9. The molecule has 19 heavy (non-hydrogen) atoms. The molecule has 1 N–H and O–H groups in total. The second-order valence-electron chi connectivity index (χ2n) is 4.65. The topological polar surface area (TPSA) is 21.3 Å². The van der Waals surface area contributed by atoms with Crippen LogP contribution >= 0.6 is 27.3 Å². The van der Waals surface area contributed by atoms with E-state index in [1.165, 1.54) is 10.4 Å². The molecule has 0 saturated carbocycles. The minimum atomic E-state index is 0.158. The van der Waals surface area contributed by atoms with Crippen molar-refractivity contribution in [3.05, 3.63) is 50.6 Å². The molecule has 2 heterocycles. The highest BCUT2D eigenvalue weighted by Gasteiger charge is 2.29. The van der Waals surface area contributed by atoms with Gasteiger partial charge < -0.3 is 10.1 Å². The van der Waals surface area contributed by atoms with Crippen LogP contribution in [0.15, 0.2) is 40.2 Å². The molecule has 0 aliphatic carbocycles. The van der Waals surface area contributed by atoms with Gasteiger partial charge in [-0.2, -0.15) is 0 Å². The summed E-state index contributed by atoms with van der Waals surface area (Å²) in [6.45, 7) is 3.12. The van der Waals surface area contributed by atoms with Gasteiger partial charge in [-0.05, 0) is 30.1 Å². The van der Waals surface area contributed by atoms with E-state index in [4.69, 9.17) is 4.74 Å². The van der Waals surface area contributed by atoms with Crippen LogP contribution < -0.4 is 10.1 Å². The monoisotopic (exact) mass is 337 g/mol. The van der Waals surface area contributed by atoms with Crippen molar-refractivity contribution in [1.82, 2.24) is 5.32 Å². The lowest BCUT2D eigenvalue weighted by molar-refractivity contribution is 0.155. The van der Waals surface area contributed by atoms with Crippen LogP contribution in [-0.2, 0) is 0 Å². The number of ether oxygens (including phenoxy) is 1. The van der Waals surface area contributed by atoms with E-state index in [0.29, 0.717) is 6.04 Å². The van der Waals surface area contributed by atoms with Gasteiger partial charge in [-0.3, -0.25) is 0 Å². The van der Waals surface area contributed by atoms with Crippen molar-refractivity contribution in [3.63, 3.8) is 0 Å². The Hall–Kier alpha value is -0.840. The number of rotatable bonds is 3. The molecule has 2 aromatic rings. The third-order valence-corrected chi connectivity index (χ3v) is 4.84. The first-order valence-electron chi connectivity index (χ1n) is 6.51. The Kier molecular flexibility index (Phi) is 3.91. The predicted octanol–water partition coefficient (Wildman–Crippen LogP) is 4.69. The molecule has 0 fully saturated rings. The lowest BCUT2D eigenvalue weighted by atomic mass is 9.96. The Balaban J connectivity index is 1.95. The molecule has 0 saturated heterocycles. The van der Waals surface area contributed by atoms with Crippen molar-refractivity contribution in [2.45, 2.75) is 25.5 Å². The summed E-state index contributed by atoms with van der Waals surface area (Å²) in [4.78, 5) is 1.30. The summed E-state index contributed by atoms with van der Waals surface area (Å²) < 4.78 is 7.24. The Morgan fingerprint density at radius 3 is 3.05 bits per heavy atom. The molecule has 1 aromatic heterocycles. The molecule has 2 atom stereocenters. The molecule has 1 aromatic carbocycles. The number of benzene rings is 1. The Morgan fingerprint density at radius 2 is 2.32 bits per heavy atom. The first kappa shape index (κ1) is 13.2. The van der Waals surface area contributed by atoms with Crippen molar-refractivity contribution in [3.8, 4) is 5.75 Å². The van der Waals surface area contributed by atoms with Crippen molar-refractivity contribution >= 4 is 27.3 Å². The van der Waals surface area contributed by atoms with Crippen molar-refractivity contribution in [2.24, 2.45) is 0 Å². The Labute approximate surface area is 125 Å². The number of hydrogen-bond donors (Lipinski definition) is 1. The van der Waals surface area contributed by atoms with Crippen LogP contribution in [-0.4, -0.2) is 6.54 Å². The van der Waals surface area contributed by atoms with Gasteiger partial charge in [0.05, 0.1) is 0 Å². The zero-order valence-corrected chi connectivity index (χ0v) is 13.1. The third kappa shape index (κ3) is 2.71. The summed E-state index contributed by atoms with van der Waals surface area (Å²) in [5, 5.41) is 5.67. The van der Waals surface area contributed by atoms with E-state index in [9.17, 15) is 0 Å². The molecule has 2 nitrogen and oxygen atoms in total. The van der Waals surface area contributed by atoms with E-state index in [-0.39, 0.29) is 6.10 Å². The normalized spacial score (nSPS) is 21.8. The molecular formula is C15H16BrNOS. The quantitative estimate of drug-likeness (QED) is 0.877. The smallest absolute Gasteiger partial charge is 0.135 e. The summed E-state index contributed by atoms with van der Waals surface area (Å²) >= 11 is 5.28. The molecule has 4 heteroatoms. The van der Waals surface area contributed by atoms with Crippen LogP contribution in [0.25, 0.3) is 0 Å². The molecule has 1 aliphatic heterocycles. The SMILES string of the molecule is CCNC1CC(c2cccs2)Oc2cc(Br)ccc21. The summed E-state index contributed by atoms with van der Waals surface area (Å²) in [5.41, 5.74) is 1.26. The maximum absolute atomic E-state index is 6.17. The standard InChI is InChI=1S/C15H16BrNOS/c1-2-17-12-9-14(15-4-3-7-19-15)18-13-8-10(16)5-6-11(12)13/h3-8,12,14,17H,2,9H2,1H3. The van der Waals surface area contributed by atoms with Crippen molar-refractivity contribution in [2.75, 3.05) is 6.54 Å². The maximum Gasteiger partial charge on any atom is 0.135 e. The number of nitrogens with one attached hydrogen (secondary N) is 1. The summed E-state index contributed by atoms with van der Waals surface area (Å²) in [5.74, 6) is 0.991. The van der Waals surface area contributed by atoms with E-state index in [0.717, 1.165) is 23.2 Å². The molecule has 0 amide bonds. The fraction of sp³-hybridized carbons (Fsp3) is 0.333. The Morgan fingerprint density at radius 1 is 1.42 bits per heavy atom. The van der Waals surface area contributed by atoms with Gasteiger partial charge in [0.2, 0.25) is 0 Å². The molecule has 0 radical (unpaired) electrons. The van der Waals surface area contributed by atoms with Crippen LogP contribution in [0.5, 0.6) is 5.75 Å². The largest absolute Gasteiger partial charge is 0.484 e. The maximum atomic E-state index is 6.17. The molecule has 100 valence electrons. The van der Waals surface area contributed by atoms with Gasteiger partial charge in [0.1, 0.15) is 11.9 Å². The van der Waals surface area contributed by atoms with E-state index < -0.39 is 0 Å². The fourth-order valence-electron chi connectivity index (χ4n) is 2.53. The van der Waals surface area contributed by atoms with Gasteiger partial charge in [0, 0.05) is 27.4 Å². The highest BCUT2D eigenvalue weighted by atomic mass is 79.9. The fourth-order valence-corrected chi connectivity index (χ4v) is 3.64. The highest BCUT2D eigenvalue weighted by Crippen LogP contribution is 2.42. The predicted molar refractivity (Wildman–Crippen MR) is 82.9 cm³/mol. The van der Waals surface area contributed by atoms with Gasteiger partial charge in [-0.15, -0.1) is 11.3 Å². The Bertz CT molecular complexity index is 555. The third-order valence-electron chi connectivity index (χ3n) is 3.38. The molecule has 0 spiro atoms. The summed E-state index contributed by atoms with van der Waals surface area (Å²) in [7, 11) is 0. The number of thiophene rings is 1. The molecule has 3 rings (SSSR count). The van der Waals surface area contributed by atoms with Crippen molar-refractivity contribution in [1.29, 1.82) is 0 Å². The van der Waals surface area contributed by atoms with Crippen molar-refractivity contribution < 1.29 is 4.74 Å². The van der Waals surface area contributed by atoms with E-state index >= 15 is 0 Å². The highest BCUT2D eigenvalue weighted by molar-refractivity contribution is 9.10. The van der Waals surface area contributed by atoms with E-state index in [2.05, 4.69) is 63.9 Å². The number of fused-ring (bicyclic) bond motifs is 1. The molecular weight excluding hydrogens is 322 g/mol. The average molecular weight is 338 g/mol. The van der Waals surface area contributed by atoms with Gasteiger partial charge >= 0.3 is 0 Å². The van der Waals surface area contributed by atoms with Crippen LogP contribution in [0, 0.1) is 0 Å².